The summed E-state index contributed by atoms with van der Waals surface area (Å²) in [5, 5.41) is 27.3. The molecule has 0 spiro atoms. The summed E-state index contributed by atoms with van der Waals surface area (Å²) in [6.45, 7) is -0.0870. The van der Waals surface area contributed by atoms with Gasteiger partial charge in [-0.1, -0.05) is 60.7 Å². The normalized spacial score (nSPS) is 13.3. The van der Waals surface area contributed by atoms with Gasteiger partial charge >= 0.3 is 11.9 Å². The largest absolute Gasteiger partial charge is 0.479 e. The van der Waals surface area contributed by atoms with Crippen LogP contribution in [0.25, 0.3) is 0 Å². The Hall–Kier alpha value is -2.70. The first-order chi connectivity index (χ1) is 11.5. The molecule has 2 unspecified atom stereocenters. The summed E-state index contributed by atoms with van der Waals surface area (Å²) in [5.41, 5.74) is 1.81. The molecule has 3 N–H and O–H groups in total. The highest BCUT2D eigenvalue weighted by Crippen LogP contribution is 2.25. The number of hydrogen-bond donors (Lipinski definition) is 3. The minimum absolute atomic E-state index is 0.0870. The Morgan fingerprint density at radius 1 is 0.833 bits per heavy atom. The van der Waals surface area contributed by atoms with Gasteiger partial charge in [0.1, 0.15) is 6.61 Å². The van der Waals surface area contributed by atoms with Crippen LogP contribution in [0.15, 0.2) is 60.7 Å². The Labute approximate surface area is 138 Å². The molecule has 6 nitrogen and oxygen atoms in total. The molecule has 0 aliphatic carbocycles. The number of rotatable bonds is 7. The molecule has 0 fully saturated rings. The van der Waals surface area contributed by atoms with Gasteiger partial charge in [0.15, 0.2) is 12.2 Å². The lowest BCUT2D eigenvalue weighted by Crippen LogP contribution is -2.41. The maximum Gasteiger partial charge on any atom is 0.338 e. The second kappa shape index (κ2) is 8.24. The molecule has 0 aliphatic heterocycles. The van der Waals surface area contributed by atoms with E-state index in [1.54, 1.807) is 0 Å². The molecule has 0 radical (unpaired) electrons. The maximum absolute atomic E-state index is 11.8. The standard InChI is InChI=1S/C18H18O6/c19-15(17(21)22)16(20)18(23)24-11-14(12-7-3-1-4-8-12)13-9-5-2-6-10-13/h1-10,14-16,19-20H,11H2,(H,21,22). The average molecular weight is 330 g/mol. The van der Waals surface area contributed by atoms with Crippen LogP contribution in [0, 0.1) is 0 Å². The van der Waals surface area contributed by atoms with Crippen LogP contribution in [-0.4, -0.2) is 46.1 Å². The third-order valence-electron chi connectivity index (χ3n) is 3.59. The van der Waals surface area contributed by atoms with Gasteiger partial charge in [0.05, 0.1) is 0 Å². The SMILES string of the molecule is O=C(O)C(O)C(O)C(=O)OCC(c1ccccc1)c1ccccc1. The molecule has 0 saturated heterocycles. The molecule has 126 valence electrons. The van der Waals surface area contributed by atoms with Gasteiger partial charge < -0.3 is 20.1 Å². The lowest BCUT2D eigenvalue weighted by Gasteiger charge is -2.20. The zero-order valence-corrected chi connectivity index (χ0v) is 12.8. The van der Waals surface area contributed by atoms with Gasteiger partial charge in [-0.3, -0.25) is 0 Å². The number of carbonyl (C=O) groups is 2. The molecule has 0 amide bonds. The number of esters is 1. The Morgan fingerprint density at radius 3 is 1.71 bits per heavy atom. The number of ether oxygens (including phenoxy) is 1. The minimum atomic E-state index is -2.22. The fourth-order valence-corrected chi connectivity index (χ4v) is 2.27. The van der Waals surface area contributed by atoms with E-state index in [2.05, 4.69) is 0 Å². The Balaban J connectivity index is 2.13. The monoisotopic (exact) mass is 330 g/mol. The molecular weight excluding hydrogens is 312 g/mol. The highest BCUT2D eigenvalue weighted by Gasteiger charge is 2.32. The van der Waals surface area contributed by atoms with Crippen LogP contribution in [0.5, 0.6) is 0 Å². The number of benzene rings is 2. The van der Waals surface area contributed by atoms with Gasteiger partial charge in [0.2, 0.25) is 0 Å². The molecule has 0 saturated carbocycles. The second-order valence-electron chi connectivity index (χ2n) is 5.23. The van der Waals surface area contributed by atoms with Crippen LogP contribution in [0.1, 0.15) is 17.0 Å². The van der Waals surface area contributed by atoms with Crippen molar-refractivity contribution < 1.29 is 29.6 Å². The summed E-state index contributed by atoms with van der Waals surface area (Å²) in [7, 11) is 0. The van der Waals surface area contributed by atoms with Crippen molar-refractivity contribution in [2.75, 3.05) is 6.61 Å². The Morgan fingerprint density at radius 2 is 1.29 bits per heavy atom. The molecule has 0 heterocycles. The van der Waals surface area contributed by atoms with E-state index in [0.717, 1.165) is 11.1 Å². The van der Waals surface area contributed by atoms with E-state index in [1.807, 2.05) is 60.7 Å². The predicted octanol–water partition coefficient (Wildman–Crippen LogP) is 1.17. The second-order valence-corrected chi connectivity index (χ2v) is 5.23. The third kappa shape index (κ3) is 4.41. The maximum atomic E-state index is 11.8. The van der Waals surface area contributed by atoms with Crippen molar-refractivity contribution in [3.05, 3.63) is 71.8 Å². The zero-order chi connectivity index (χ0) is 17.5. The molecule has 0 bridgehead atoms. The summed E-state index contributed by atoms with van der Waals surface area (Å²) in [4.78, 5) is 22.4. The van der Waals surface area contributed by atoms with Gasteiger partial charge in [-0.25, -0.2) is 9.59 Å². The Bertz CT molecular complexity index is 631. The predicted molar refractivity (Wildman–Crippen MR) is 85.3 cm³/mol. The molecule has 6 heteroatoms. The van der Waals surface area contributed by atoms with E-state index in [9.17, 15) is 19.8 Å². The molecule has 24 heavy (non-hydrogen) atoms. The molecular formula is C18H18O6. The summed E-state index contributed by atoms with van der Waals surface area (Å²) >= 11 is 0. The molecule has 2 aromatic carbocycles. The first kappa shape index (κ1) is 17.7. The van der Waals surface area contributed by atoms with Gasteiger partial charge in [0, 0.05) is 5.92 Å². The van der Waals surface area contributed by atoms with E-state index in [0.29, 0.717) is 0 Å². The summed E-state index contributed by atoms with van der Waals surface area (Å²) in [6, 6.07) is 18.7. The summed E-state index contributed by atoms with van der Waals surface area (Å²) < 4.78 is 5.03. The zero-order valence-electron chi connectivity index (χ0n) is 12.8. The van der Waals surface area contributed by atoms with Crippen LogP contribution in [-0.2, 0) is 14.3 Å². The number of carbonyl (C=O) groups excluding carboxylic acids is 1. The number of carboxylic acids is 1. The van der Waals surface area contributed by atoms with Gasteiger partial charge in [-0.2, -0.15) is 0 Å². The van der Waals surface area contributed by atoms with E-state index in [4.69, 9.17) is 9.84 Å². The lowest BCUT2D eigenvalue weighted by molar-refractivity contribution is -0.170. The number of hydrogen-bond acceptors (Lipinski definition) is 5. The third-order valence-corrected chi connectivity index (χ3v) is 3.59. The highest BCUT2D eigenvalue weighted by atomic mass is 16.6. The van der Waals surface area contributed by atoms with Gasteiger partial charge in [0.25, 0.3) is 0 Å². The number of carboxylic acid groups (broad SMARTS) is 1. The number of aliphatic carboxylic acids is 1. The van der Waals surface area contributed by atoms with Crippen LogP contribution < -0.4 is 0 Å². The fraction of sp³-hybridized carbons (Fsp3) is 0.222. The average Bonchev–Trinajstić information content (AvgIpc) is 2.62. The van der Waals surface area contributed by atoms with E-state index >= 15 is 0 Å². The van der Waals surface area contributed by atoms with Crippen molar-refractivity contribution in [1.29, 1.82) is 0 Å². The number of aliphatic hydroxyl groups is 2. The minimum Gasteiger partial charge on any atom is -0.479 e. The van der Waals surface area contributed by atoms with Crippen molar-refractivity contribution >= 4 is 11.9 Å². The van der Waals surface area contributed by atoms with Crippen molar-refractivity contribution in [2.45, 2.75) is 18.1 Å². The quantitative estimate of drug-likeness (QED) is 0.658. The topological polar surface area (TPSA) is 104 Å². The molecule has 2 aromatic rings. The van der Waals surface area contributed by atoms with Gasteiger partial charge in [-0.05, 0) is 11.1 Å². The van der Waals surface area contributed by atoms with Crippen LogP contribution in [0.3, 0.4) is 0 Å². The van der Waals surface area contributed by atoms with Crippen LogP contribution >= 0.6 is 0 Å². The molecule has 0 aromatic heterocycles. The van der Waals surface area contributed by atoms with E-state index < -0.39 is 24.1 Å². The lowest BCUT2D eigenvalue weighted by atomic mass is 9.92. The Kier molecular flexibility index (Phi) is 6.06. The van der Waals surface area contributed by atoms with E-state index in [-0.39, 0.29) is 12.5 Å². The van der Waals surface area contributed by atoms with Crippen molar-refractivity contribution in [2.24, 2.45) is 0 Å². The number of aliphatic hydroxyl groups excluding tert-OH is 2. The summed E-state index contributed by atoms with van der Waals surface area (Å²) in [5.74, 6) is -3.14. The van der Waals surface area contributed by atoms with Crippen molar-refractivity contribution in [1.82, 2.24) is 0 Å². The smallest absolute Gasteiger partial charge is 0.338 e. The van der Waals surface area contributed by atoms with Crippen LogP contribution in [0.2, 0.25) is 0 Å². The van der Waals surface area contributed by atoms with E-state index in [1.165, 1.54) is 0 Å². The first-order valence-electron chi connectivity index (χ1n) is 7.36. The molecule has 2 atom stereocenters. The van der Waals surface area contributed by atoms with Gasteiger partial charge in [-0.15, -0.1) is 0 Å². The molecule has 0 aliphatic rings. The highest BCUT2D eigenvalue weighted by molar-refractivity contribution is 5.84. The molecule has 2 rings (SSSR count). The van der Waals surface area contributed by atoms with Crippen molar-refractivity contribution in [3.8, 4) is 0 Å². The summed E-state index contributed by atoms with van der Waals surface area (Å²) in [6.07, 6.45) is -4.35. The first-order valence-corrected chi connectivity index (χ1v) is 7.36. The fourth-order valence-electron chi connectivity index (χ4n) is 2.27. The van der Waals surface area contributed by atoms with Crippen molar-refractivity contribution in [3.63, 3.8) is 0 Å². The van der Waals surface area contributed by atoms with Crippen LogP contribution in [0.4, 0.5) is 0 Å².